The Balaban J connectivity index is 2.65. The lowest BCUT2D eigenvalue weighted by atomic mass is 10.2. The van der Waals surface area contributed by atoms with Gasteiger partial charge in [-0.3, -0.25) is 9.48 Å². The summed E-state index contributed by atoms with van der Waals surface area (Å²) in [6.07, 6.45) is 1.62. The van der Waals surface area contributed by atoms with Crippen molar-refractivity contribution in [3.63, 3.8) is 0 Å². The van der Waals surface area contributed by atoms with Crippen molar-refractivity contribution in [1.29, 1.82) is 0 Å². The molecule has 0 spiro atoms. The summed E-state index contributed by atoms with van der Waals surface area (Å²) in [5.74, 6) is 0.537. The van der Waals surface area contributed by atoms with Gasteiger partial charge in [0.25, 0.3) is 5.91 Å². The van der Waals surface area contributed by atoms with Crippen molar-refractivity contribution < 1.29 is 4.79 Å². The molecule has 0 saturated heterocycles. The number of nitrogens with two attached hydrogens (primary N) is 1. The summed E-state index contributed by atoms with van der Waals surface area (Å²) < 4.78 is 1.53. The van der Waals surface area contributed by atoms with Gasteiger partial charge in [-0.15, -0.1) is 0 Å². The van der Waals surface area contributed by atoms with Crippen LogP contribution in [0.25, 0.3) is 0 Å². The van der Waals surface area contributed by atoms with E-state index in [0.717, 1.165) is 0 Å². The van der Waals surface area contributed by atoms with Gasteiger partial charge in [0.1, 0.15) is 5.56 Å². The summed E-state index contributed by atoms with van der Waals surface area (Å²) in [6, 6.07) is 0. The molecule has 1 aromatic heterocycles. The predicted octanol–water partition coefficient (Wildman–Crippen LogP) is 0.388. The van der Waals surface area contributed by atoms with Crippen LogP contribution in [0.3, 0.4) is 0 Å². The smallest absolute Gasteiger partial charge is 0.256 e. The van der Waals surface area contributed by atoms with Crippen molar-refractivity contribution in [3.8, 4) is 0 Å². The number of hydrogen-bond acceptors (Lipinski definition) is 3. The van der Waals surface area contributed by atoms with Crippen molar-refractivity contribution in [3.05, 3.63) is 11.8 Å². The van der Waals surface area contributed by atoms with Crippen LogP contribution in [0.5, 0.6) is 0 Å². The normalized spacial score (nSPS) is 10.6. The second-order valence-electron chi connectivity index (χ2n) is 3.71. The number of hydrogen-bond donors (Lipinski definition) is 2. The maximum absolute atomic E-state index is 11.5. The summed E-state index contributed by atoms with van der Waals surface area (Å²) >= 11 is 0. The first-order valence-corrected chi connectivity index (χ1v) is 4.58. The number of nitrogens with one attached hydrogen (secondary N) is 1. The molecule has 0 aliphatic rings. The van der Waals surface area contributed by atoms with Crippen LogP contribution >= 0.6 is 0 Å². The minimum absolute atomic E-state index is 0.163. The zero-order chi connectivity index (χ0) is 10.7. The van der Waals surface area contributed by atoms with Crippen LogP contribution < -0.4 is 11.1 Å². The van der Waals surface area contributed by atoms with E-state index in [0.29, 0.717) is 18.0 Å². The lowest BCUT2D eigenvalue weighted by Gasteiger charge is -2.05. The predicted molar refractivity (Wildman–Crippen MR) is 54.8 cm³/mol. The molecule has 0 bridgehead atoms. The van der Waals surface area contributed by atoms with Gasteiger partial charge in [0.2, 0.25) is 0 Å². The van der Waals surface area contributed by atoms with E-state index in [9.17, 15) is 4.79 Å². The highest BCUT2D eigenvalue weighted by atomic mass is 16.1. The average Bonchev–Trinajstić information content (AvgIpc) is 2.41. The highest BCUT2D eigenvalue weighted by Gasteiger charge is 2.12. The quantitative estimate of drug-likeness (QED) is 0.734. The van der Waals surface area contributed by atoms with Crippen molar-refractivity contribution in [2.75, 3.05) is 12.3 Å². The molecule has 0 fully saturated rings. The molecule has 1 aromatic rings. The van der Waals surface area contributed by atoms with Crippen molar-refractivity contribution >= 4 is 11.7 Å². The van der Waals surface area contributed by atoms with Gasteiger partial charge in [-0.2, -0.15) is 5.10 Å². The number of anilines is 1. The minimum atomic E-state index is -0.163. The third-order valence-electron chi connectivity index (χ3n) is 1.77. The molecule has 0 aliphatic carbocycles. The van der Waals surface area contributed by atoms with E-state index in [1.807, 2.05) is 13.8 Å². The van der Waals surface area contributed by atoms with Crippen LogP contribution in [0.15, 0.2) is 6.20 Å². The van der Waals surface area contributed by atoms with Crippen LogP contribution in [0.2, 0.25) is 0 Å². The van der Waals surface area contributed by atoms with E-state index < -0.39 is 0 Å². The Morgan fingerprint density at radius 2 is 2.36 bits per heavy atom. The summed E-state index contributed by atoms with van der Waals surface area (Å²) in [5.41, 5.74) is 5.99. The second kappa shape index (κ2) is 4.13. The fourth-order valence-corrected chi connectivity index (χ4v) is 1.07. The number of carbonyl (C=O) groups excluding carboxylic acids is 1. The highest BCUT2D eigenvalue weighted by Crippen LogP contribution is 2.07. The highest BCUT2D eigenvalue weighted by molar-refractivity contribution is 5.98. The first-order chi connectivity index (χ1) is 6.50. The van der Waals surface area contributed by atoms with Gasteiger partial charge >= 0.3 is 0 Å². The molecule has 1 rings (SSSR count). The molecule has 3 N–H and O–H groups in total. The van der Waals surface area contributed by atoms with E-state index in [1.54, 1.807) is 13.2 Å². The van der Waals surface area contributed by atoms with Crippen LogP contribution in [0.1, 0.15) is 24.2 Å². The maximum atomic E-state index is 11.5. The maximum Gasteiger partial charge on any atom is 0.256 e. The molecule has 0 radical (unpaired) electrons. The zero-order valence-electron chi connectivity index (χ0n) is 8.74. The number of amides is 1. The lowest BCUT2D eigenvalue weighted by molar-refractivity contribution is 0.0950. The van der Waals surface area contributed by atoms with Gasteiger partial charge in [-0.05, 0) is 5.92 Å². The Morgan fingerprint density at radius 1 is 1.71 bits per heavy atom. The third kappa shape index (κ3) is 2.48. The van der Waals surface area contributed by atoms with Crippen LogP contribution in [-0.2, 0) is 7.05 Å². The third-order valence-corrected chi connectivity index (χ3v) is 1.77. The van der Waals surface area contributed by atoms with Gasteiger partial charge in [-0.25, -0.2) is 0 Å². The van der Waals surface area contributed by atoms with Crippen molar-refractivity contribution in [2.45, 2.75) is 13.8 Å². The Kier molecular flexibility index (Phi) is 3.11. The van der Waals surface area contributed by atoms with Crippen molar-refractivity contribution in [1.82, 2.24) is 15.1 Å². The Labute approximate surface area is 83.3 Å². The molecule has 5 nitrogen and oxygen atoms in total. The number of aryl methyl sites for hydroxylation is 1. The summed E-state index contributed by atoms with van der Waals surface area (Å²) in [6.45, 7) is 4.72. The van der Waals surface area contributed by atoms with Gasteiger partial charge in [0, 0.05) is 19.8 Å². The van der Waals surface area contributed by atoms with E-state index in [1.165, 1.54) is 4.68 Å². The Morgan fingerprint density at radius 3 is 2.79 bits per heavy atom. The van der Waals surface area contributed by atoms with E-state index in [2.05, 4.69) is 10.4 Å². The van der Waals surface area contributed by atoms with Crippen LogP contribution in [0.4, 0.5) is 5.82 Å². The molecule has 14 heavy (non-hydrogen) atoms. The van der Waals surface area contributed by atoms with Gasteiger partial charge in [-0.1, -0.05) is 13.8 Å². The minimum Gasteiger partial charge on any atom is -0.382 e. The molecule has 5 heteroatoms. The first kappa shape index (κ1) is 10.6. The molecule has 0 saturated carbocycles. The van der Waals surface area contributed by atoms with E-state index >= 15 is 0 Å². The monoisotopic (exact) mass is 196 g/mol. The average molecular weight is 196 g/mol. The molecular formula is C9H16N4O. The molecular weight excluding hydrogens is 180 g/mol. The van der Waals surface area contributed by atoms with Gasteiger partial charge in [0.15, 0.2) is 5.82 Å². The molecule has 0 aromatic carbocycles. The second-order valence-corrected chi connectivity index (χ2v) is 3.71. The fourth-order valence-electron chi connectivity index (χ4n) is 1.07. The lowest BCUT2D eigenvalue weighted by Crippen LogP contribution is -2.27. The van der Waals surface area contributed by atoms with E-state index in [-0.39, 0.29) is 11.7 Å². The number of nitrogen functional groups attached to an aromatic ring is 1. The number of aromatic nitrogens is 2. The molecule has 0 unspecified atom stereocenters. The van der Waals surface area contributed by atoms with Crippen LogP contribution in [0, 0.1) is 5.92 Å². The molecule has 1 heterocycles. The van der Waals surface area contributed by atoms with Gasteiger partial charge in [0.05, 0.1) is 0 Å². The Bertz CT molecular complexity index is 330. The molecule has 78 valence electrons. The summed E-state index contributed by atoms with van der Waals surface area (Å²) in [7, 11) is 1.73. The number of carbonyl (C=O) groups is 1. The Hall–Kier alpha value is -1.52. The van der Waals surface area contributed by atoms with Crippen molar-refractivity contribution in [2.24, 2.45) is 13.0 Å². The molecule has 0 atom stereocenters. The molecule has 1 amide bonds. The molecule has 0 aliphatic heterocycles. The zero-order valence-corrected chi connectivity index (χ0v) is 8.74. The van der Waals surface area contributed by atoms with Gasteiger partial charge < -0.3 is 11.1 Å². The van der Waals surface area contributed by atoms with Crippen LogP contribution in [-0.4, -0.2) is 22.2 Å². The number of nitrogens with zero attached hydrogens (tertiary/aromatic N) is 2. The first-order valence-electron chi connectivity index (χ1n) is 4.58. The van der Waals surface area contributed by atoms with E-state index in [4.69, 9.17) is 5.73 Å². The largest absolute Gasteiger partial charge is 0.382 e. The fraction of sp³-hybridized carbons (Fsp3) is 0.556. The number of rotatable bonds is 3. The summed E-state index contributed by atoms with van der Waals surface area (Å²) in [5, 5.41) is 6.67. The topological polar surface area (TPSA) is 72.9 Å². The SMILES string of the molecule is CC(C)CNC(=O)c1cn(C)nc1N. The summed E-state index contributed by atoms with van der Waals surface area (Å²) in [4.78, 5) is 11.5. The standard InChI is InChI=1S/C9H16N4O/c1-6(2)4-11-9(14)7-5-13(3)12-8(7)10/h5-6H,4H2,1-3H3,(H2,10,12)(H,11,14).